The number of carbonyl (C=O) groups is 1. The van der Waals surface area contributed by atoms with Gasteiger partial charge in [0.25, 0.3) is 5.91 Å². The van der Waals surface area contributed by atoms with Crippen molar-refractivity contribution in [1.82, 2.24) is 15.2 Å². The molecule has 0 saturated carbocycles. The molecule has 6 heteroatoms. The van der Waals surface area contributed by atoms with E-state index in [0.717, 1.165) is 30.2 Å². The van der Waals surface area contributed by atoms with Crippen LogP contribution in [-0.4, -0.2) is 64.9 Å². The van der Waals surface area contributed by atoms with E-state index in [1.165, 1.54) is 0 Å². The van der Waals surface area contributed by atoms with Crippen molar-refractivity contribution >= 4 is 16.8 Å². The summed E-state index contributed by atoms with van der Waals surface area (Å²) in [5.41, 5.74) is 0.534. The number of likely N-dealkylation sites (tertiary alicyclic amines) is 1. The van der Waals surface area contributed by atoms with Crippen LogP contribution < -0.4 is 5.32 Å². The maximum absolute atomic E-state index is 12.9. The number of benzene rings is 1. The molecule has 1 aromatic heterocycles. The summed E-state index contributed by atoms with van der Waals surface area (Å²) in [6, 6.07) is 9.86. The first kappa shape index (κ1) is 17.5. The van der Waals surface area contributed by atoms with E-state index < -0.39 is 5.60 Å². The molecule has 140 valence electrons. The summed E-state index contributed by atoms with van der Waals surface area (Å²) in [5, 5.41) is 14.7. The Morgan fingerprint density at radius 2 is 2.08 bits per heavy atom. The normalized spacial score (nSPS) is 28.6. The van der Waals surface area contributed by atoms with Gasteiger partial charge in [-0.25, -0.2) is 0 Å². The second-order valence-electron chi connectivity index (χ2n) is 7.94. The number of nitrogens with one attached hydrogen (secondary N) is 2. The minimum absolute atomic E-state index is 0.00667. The highest BCUT2D eigenvalue weighted by atomic mass is 16.5. The van der Waals surface area contributed by atoms with Crippen LogP contribution in [0.2, 0.25) is 0 Å². The molecule has 0 bridgehead atoms. The van der Waals surface area contributed by atoms with E-state index in [9.17, 15) is 9.90 Å². The molecule has 2 fully saturated rings. The third-order valence-electron chi connectivity index (χ3n) is 6.07. The fourth-order valence-corrected chi connectivity index (χ4v) is 4.29. The van der Waals surface area contributed by atoms with Crippen LogP contribution >= 0.6 is 0 Å². The Morgan fingerprint density at radius 1 is 1.35 bits per heavy atom. The molecule has 2 aromatic rings. The van der Waals surface area contributed by atoms with Crippen molar-refractivity contribution < 1.29 is 14.6 Å². The maximum atomic E-state index is 12.9. The number of carbonyl (C=O) groups excluding carboxylic acids is 1. The Morgan fingerprint density at radius 3 is 2.77 bits per heavy atom. The number of H-pyrrole nitrogens is 1. The molecular weight excluding hydrogens is 330 g/mol. The van der Waals surface area contributed by atoms with Crippen LogP contribution in [0, 0.1) is 0 Å². The van der Waals surface area contributed by atoms with Crippen molar-refractivity contribution in [2.75, 3.05) is 26.7 Å². The smallest absolute Gasteiger partial charge is 0.270 e. The van der Waals surface area contributed by atoms with Crippen molar-refractivity contribution in [3.05, 3.63) is 36.0 Å². The molecule has 26 heavy (non-hydrogen) atoms. The van der Waals surface area contributed by atoms with E-state index >= 15 is 0 Å². The number of fused-ring (bicyclic) bond motifs is 1. The van der Waals surface area contributed by atoms with Gasteiger partial charge in [0.15, 0.2) is 0 Å². The van der Waals surface area contributed by atoms with E-state index in [1.54, 1.807) is 0 Å². The van der Waals surface area contributed by atoms with E-state index in [1.807, 2.05) is 49.2 Å². The van der Waals surface area contributed by atoms with Crippen molar-refractivity contribution in [1.29, 1.82) is 0 Å². The number of piperidine rings is 1. The summed E-state index contributed by atoms with van der Waals surface area (Å²) in [6.07, 6.45) is 2.37. The maximum Gasteiger partial charge on any atom is 0.270 e. The summed E-state index contributed by atoms with van der Waals surface area (Å²) in [6.45, 7) is 3.49. The lowest BCUT2D eigenvalue weighted by Gasteiger charge is -2.50. The number of aromatic amines is 1. The van der Waals surface area contributed by atoms with Gasteiger partial charge in [0.2, 0.25) is 0 Å². The Hall–Kier alpha value is -1.89. The molecule has 0 unspecified atom stereocenters. The van der Waals surface area contributed by atoms with Gasteiger partial charge < -0.3 is 25.0 Å². The predicted octanol–water partition coefficient (Wildman–Crippen LogP) is 1.90. The van der Waals surface area contributed by atoms with E-state index in [0.29, 0.717) is 25.4 Å². The van der Waals surface area contributed by atoms with E-state index in [2.05, 4.69) is 10.3 Å². The second-order valence-corrected chi connectivity index (χ2v) is 7.94. The number of hydrogen-bond acceptors (Lipinski definition) is 4. The number of ether oxygens (including phenoxy) is 1. The van der Waals surface area contributed by atoms with Gasteiger partial charge in [-0.1, -0.05) is 18.2 Å². The van der Waals surface area contributed by atoms with Crippen molar-refractivity contribution in [3.8, 4) is 0 Å². The first-order chi connectivity index (χ1) is 12.4. The highest BCUT2D eigenvalue weighted by Crippen LogP contribution is 2.38. The fraction of sp³-hybridized carbons (Fsp3) is 0.550. The Bertz CT molecular complexity index is 772. The van der Waals surface area contributed by atoms with E-state index in [4.69, 9.17) is 4.74 Å². The lowest BCUT2D eigenvalue weighted by Crippen LogP contribution is -2.62. The molecule has 2 aliphatic heterocycles. The zero-order chi connectivity index (χ0) is 18.4. The number of para-hydroxylation sites is 1. The molecule has 0 radical (unpaired) electrons. The number of hydrogen-bond donors (Lipinski definition) is 3. The van der Waals surface area contributed by atoms with Gasteiger partial charge in [-0.3, -0.25) is 4.79 Å². The molecular formula is C20H27N3O3. The van der Waals surface area contributed by atoms with Crippen LogP contribution in [0.25, 0.3) is 10.9 Å². The third kappa shape index (κ3) is 3.02. The summed E-state index contributed by atoms with van der Waals surface area (Å²) in [7, 11) is 1.88. The standard InChI is InChI=1S/C20H27N3O3/c1-19(25)13-26-20(12-17(19)21-2)7-9-23(10-8-20)18(24)16-11-14-5-3-4-6-15(14)22-16/h3-6,11,17,21-22,25H,7-10,12-13H2,1-2H3/t17-,19-/m0/s1. The predicted molar refractivity (Wildman–Crippen MR) is 100 cm³/mol. The molecule has 1 aromatic carbocycles. The van der Waals surface area contributed by atoms with Gasteiger partial charge in [-0.05, 0) is 45.4 Å². The quantitative estimate of drug-likeness (QED) is 0.767. The molecule has 1 amide bonds. The van der Waals surface area contributed by atoms with Crippen molar-refractivity contribution in [2.45, 2.75) is 43.4 Å². The average molecular weight is 357 g/mol. The van der Waals surface area contributed by atoms with Gasteiger partial charge in [0, 0.05) is 30.0 Å². The zero-order valence-corrected chi connectivity index (χ0v) is 15.4. The fourth-order valence-electron chi connectivity index (χ4n) is 4.29. The molecule has 4 rings (SSSR count). The van der Waals surface area contributed by atoms with Crippen LogP contribution in [0.4, 0.5) is 0 Å². The average Bonchev–Trinajstić information content (AvgIpc) is 3.08. The molecule has 3 heterocycles. The van der Waals surface area contributed by atoms with Crippen LogP contribution in [-0.2, 0) is 4.74 Å². The zero-order valence-electron chi connectivity index (χ0n) is 15.4. The Balaban J connectivity index is 1.44. The minimum Gasteiger partial charge on any atom is -0.386 e. The highest BCUT2D eigenvalue weighted by molar-refractivity contribution is 5.98. The topological polar surface area (TPSA) is 77.6 Å². The van der Waals surface area contributed by atoms with Gasteiger partial charge in [0.1, 0.15) is 11.3 Å². The molecule has 1 spiro atoms. The van der Waals surface area contributed by atoms with Gasteiger partial charge in [-0.15, -0.1) is 0 Å². The molecule has 2 saturated heterocycles. The summed E-state index contributed by atoms with van der Waals surface area (Å²) in [5.74, 6) is 0.0454. The van der Waals surface area contributed by atoms with Crippen LogP contribution in [0.15, 0.2) is 30.3 Å². The number of nitrogens with zero attached hydrogens (tertiary/aromatic N) is 1. The molecule has 3 N–H and O–H groups in total. The monoisotopic (exact) mass is 357 g/mol. The van der Waals surface area contributed by atoms with Gasteiger partial charge in [0.05, 0.1) is 12.2 Å². The summed E-state index contributed by atoms with van der Waals surface area (Å²) in [4.78, 5) is 18.0. The number of rotatable bonds is 2. The second kappa shape index (κ2) is 6.37. The van der Waals surface area contributed by atoms with Crippen molar-refractivity contribution in [2.24, 2.45) is 0 Å². The third-order valence-corrected chi connectivity index (χ3v) is 6.07. The largest absolute Gasteiger partial charge is 0.386 e. The highest BCUT2D eigenvalue weighted by Gasteiger charge is 2.48. The number of aliphatic hydroxyl groups is 1. The summed E-state index contributed by atoms with van der Waals surface area (Å²) < 4.78 is 6.10. The summed E-state index contributed by atoms with van der Waals surface area (Å²) >= 11 is 0. The Kier molecular flexibility index (Phi) is 4.29. The molecule has 0 aliphatic carbocycles. The number of amides is 1. The molecule has 6 nitrogen and oxygen atoms in total. The SMILES string of the molecule is CN[C@H]1CC2(CCN(C(=O)c3cc4ccccc4[nH]3)CC2)OC[C@]1(C)O. The number of likely N-dealkylation sites (N-methyl/N-ethyl adjacent to an activating group) is 1. The first-order valence-electron chi connectivity index (χ1n) is 9.33. The van der Waals surface area contributed by atoms with Crippen LogP contribution in [0.1, 0.15) is 36.7 Å². The molecule has 2 atom stereocenters. The Labute approximate surface area is 153 Å². The van der Waals surface area contributed by atoms with Gasteiger partial charge in [-0.2, -0.15) is 0 Å². The van der Waals surface area contributed by atoms with Crippen LogP contribution in [0.5, 0.6) is 0 Å². The van der Waals surface area contributed by atoms with Crippen molar-refractivity contribution in [3.63, 3.8) is 0 Å². The lowest BCUT2D eigenvalue weighted by molar-refractivity contribution is -0.189. The lowest BCUT2D eigenvalue weighted by atomic mass is 9.77. The van der Waals surface area contributed by atoms with Crippen LogP contribution in [0.3, 0.4) is 0 Å². The molecule has 2 aliphatic rings. The first-order valence-corrected chi connectivity index (χ1v) is 9.33. The number of aromatic nitrogens is 1. The van der Waals surface area contributed by atoms with E-state index in [-0.39, 0.29) is 17.6 Å². The van der Waals surface area contributed by atoms with Gasteiger partial charge >= 0.3 is 0 Å². The minimum atomic E-state index is -0.850.